The summed E-state index contributed by atoms with van der Waals surface area (Å²) in [6.45, 7) is 11.4. The number of guanidine groups is 1. The summed E-state index contributed by atoms with van der Waals surface area (Å²) in [5, 5.41) is 22.6. The normalized spacial score (nSPS) is 17.4. The molecule has 8 heterocycles. The van der Waals surface area contributed by atoms with E-state index in [4.69, 9.17) is 38.9 Å². The molecule has 24 heteroatoms. The van der Waals surface area contributed by atoms with Gasteiger partial charge in [0.1, 0.15) is 18.5 Å². The van der Waals surface area contributed by atoms with E-state index in [1.165, 1.54) is 18.0 Å². The van der Waals surface area contributed by atoms with Gasteiger partial charge in [0.05, 0.1) is 50.4 Å². The van der Waals surface area contributed by atoms with Gasteiger partial charge in [0, 0.05) is 75.9 Å². The van der Waals surface area contributed by atoms with Gasteiger partial charge in [-0.15, -0.1) is 12.4 Å². The molecule has 3 aliphatic heterocycles. The number of nitrogens with zero attached hydrogens (tertiary/aromatic N) is 11. The second-order valence-corrected chi connectivity index (χ2v) is 16.4. The van der Waals surface area contributed by atoms with Crippen molar-refractivity contribution in [2.24, 2.45) is 5.73 Å². The van der Waals surface area contributed by atoms with E-state index in [0.717, 1.165) is 47.5 Å². The number of morpholine rings is 3. The van der Waals surface area contributed by atoms with Crippen molar-refractivity contribution >= 4 is 46.9 Å². The molecule has 0 unspecified atom stereocenters. The second-order valence-electron chi connectivity index (χ2n) is 16.4. The molecule has 0 amide bonds. The van der Waals surface area contributed by atoms with Gasteiger partial charge in [-0.25, -0.2) is 15.0 Å². The Kier molecular flexibility index (Phi) is 19.2. The van der Waals surface area contributed by atoms with Gasteiger partial charge in [0.15, 0.2) is 5.96 Å². The van der Waals surface area contributed by atoms with Gasteiger partial charge in [0.25, 0.3) is 5.56 Å². The van der Waals surface area contributed by atoms with Crippen LogP contribution in [0.15, 0.2) is 116 Å². The van der Waals surface area contributed by atoms with Gasteiger partial charge in [-0.1, -0.05) is 111 Å². The van der Waals surface area contributed by atoms with Crippen LogP contribution >= 0.6 is 35.0 Å². The Hall–Kier alpha value is -7.03. The topological polar surface area (TPSA) is 284 Å². The Labute approximate surface area is 439 Å². The highest BCUT2D eigenvalue weighted by molar-refractivity contribution is 14.1. The van der Waals surface area contributed by atoms with Crippen LogP contribution < -0.4 is 21.5 Å². The van der Waals surface area contributed by atoms with Crippen LogP contribution in [0.3, 0.4) is 0 Å². The predicted molar refractivity (Wildman–Crippen MR) is 281 cm³/mol. The lowest BCUT2D eigenvalue weighted by molar-refractivity contribution is -0.00751. The molecule has 73 heavy (non-hydrogen) atoms. The fraction of sp³-hybridized carbons (Fsp3) is 0.327. The molecule has 3 saturated heterocycles. The van der Waals surface area contributed by atoms with Crippen LogP contribution in [0.4, 0.5) is 5.95 Å². The maximum Gasteiger partial charge on any atom is 0.252 e. The fourth-order valence-electron chi connectivity index (χ4n) is 7.85. The Bertz CT molecular complexity index is 3020. The molecule has 0 spiro atoms. The van der Waals surface area contributed by atoms with E-state index in [9.17, 15) is 4.79 Å². The third kappa shape index (κ3) is 14.4. The lowest BCUT2D eigenvalue weighted by atomic mass is 10.1. The lowest BCUT2D eigenvalue weighted by Crippen LogP contribution is -2.45. The molecule has 5 aromatic heterocycles. The van der Waals surface area contributed by atoms with Crippen LogP contribution in [0.5, 0.6) is 0 Å². The number of nitrogens with one attached hydrogen (secondary N) is 3. The zero-order valence-corrected chi connectivity index (χ0v) is 43.4. The highest BCUT2D eigenvalue weighted by atomic mass is 127. The van der Waals surface area contributed by atoms with E-state index < -0.39 is 0 Å². The Morgan fingerprint density at radius 2 is 1.15 bits per heavy atom. The molecular formula is C49H55ClIN15O7. The average Bonchev–Trinajstić information content (AvgIpc) is 4.21. The third-order valence-electron chi connectivity index (χ3n) is 11.5. The highest BCUT2D eigenvalue weighted by Gasteiger charge is 2.26. The molecule has 8 aromatic rings. The molecule has 3 aromatic carbocycles. The largest absolute Gasteiger partial charge is 0.371 e. The Morgan fingerprint density at radius 3 is 1.60 bits per heavy atom. The minimum Gasteiger partial charge on any atom is -0.371 e. The summed E-state index contributed by atoms with van der Waals surface area (Å²) < 4.78 is 32.4. The first-order valence-corrected chi connectivity index (χ1v) is 25.1. The number of aromatic nitrogens is 10. The zero-order chi connectivity index (χ0) is 50.4. The lowest BCUT2D eigenvalue weighted by Gasteiger charge is -2.33. The van der Waals surface area contributed by atoms with Crippen LogP contribution in [0, 0.1) is 26.2 Å². The van der Waals surface area contributed by atoms with Crippen molar-refractivity contribution in [3.63, 3.8) is 0 Å². The number of aromatic amines is 1. The van der Waals surface area contributed by atoms with Crippen LogP contribution in [-0.2, 0) is 14.2 Å². The molecule has 382 valence electrons. The van der Waals surface area contributed by atoms with Gasteiger partial charge < -0.3 is 48.6 Å². The number of rotatable bonds is 8. The molecule has 22 nitrogen and oxygen atoms in total. The van der Waals surface area contributed by atoms with Gasteiger partial charge in [-0.2, -0.15) is 15.0 Å². The van der Waals surface area contributed by atoms with E-state index in [1.54, 1.807) is 33.0 Å². The van der Waals surface area contributed by atoms with Crippen molar-refractivity contribution in [1.29, 1.82) is 5.41 Å². The summed E-state index contributed by atoms with van der Waals surface area (Å²) in [4.78, 5) is 46.2. The number of anilines is 1. The maximum atomic E-state index is 12.2. The quantitative estimate of drug-likeness (QED) is 0.0536. The number of H-pyrrole nitrogens is 1. The van der Waals surface area contributed by atoms with Gasteiger partial charge in [-0.3, -0.25) is 15.2 Å². The summed E-state index contributed by atoms with van der Waals surface area (Å²) >= 11 is 2.15. The van der Waals surface area contributed by atoms with Gasteiger partial charge in [0.2, 0.25) is 41.1 Å². The summed E-state index contributed by atoms with van der Waals surface area (Å²) in [5.74, 6) is 3.98. The first-order valence-electron chi connectivity index (χ1n) is 23.0. The van der Waals surface area contributed by atoms with Gasteiger partial charge >= 0.3 is 0 Å². The average molecular weight is 1130 g/mol. The number of halogens is 2. The van der Waals surface area contributed by atoms with Crippen molar-refractivity contribution in [3.8, 4) is 45.6 Å². The van der Waals surface area contributed by atoms with E-state index in [2.05, 4.69) is 90.4 Å². The number of hydrogen-bond acceptors (Lipinski definition) is 19. The highest BCUT2D eigenvalue weighted by Crippen LogP contribution is 2.28. The number of nitrogens with two attached hydrogens (primary N) is 1. The van der Waals surface area contributed by atoms with Crippen LogP contribution in [0.25, 0.3) is 45.6 Å². The van der Waals surface area contributed by atoms with Crippen molar-refractivity contribution in [1.82, 2.24) is 60.6 Å². The first-order chi connectivity index (χ1) is 35.1. The first kappa shape index (κ1) is 53.8. The molecule has 0 bridgehead atoms. The number of hydrogen-bond donors (Lipinski definition) is 4. The molecule has 3 aliphatic rings. The van der Waals surface area contributed by atoms with E-state index in [0.29, 0.717) is 91.9 Å². The summed E-state index contributed by atoms with van der Waals surface area (Å²) in [5.41, 5.74) is 12.4. The summed E-state index contributed by atoms with van der Waals surface area (Å²) in [6.07, 6.45) is 2.95. The van der Waals surface area contributed by atoms with Crippen molar-refractivity contribution in [3.05, 3.63) is 142 Å². The molecular weight excluding hydrogens is 1070 g/mol. The smallest absolute Gasteiger partial charge is 0.252 e. The fourth-order valence-corrected chi connectivity index (χ4v) is 7.85. The van der Waals surface area contributed by atoms with Crippen molar-refractivity contribution in [2.45, 2.75) is 39.1 Å². The van der Waals surface area contributed by atoms with Crippen molar-refractivity contribution < 1.29 is 27.8 Å². The molecule has 0 saturated carbocycles. The molecule has 3 fully saturated rings. The predicted octanol–water partition coefficient (Wildman–Crippen LogP) is 6.65. The Balaban J connectivity index is 0.000000163. The number of alkyl halides is 1. The van der Waals surface area contributed by atoms with Gasteiger partial charge in [-0.05, 0) is 27.7 Å². The van der Waals surface area contributed by atoms with Crippen molar-refractivity contribution in [2.75, 3.05) is 68.9 Å². The Morgan fingerprint density at radius 1 is 0.658 bits per heavy atom. The van der Waals surface area contributed by atoms with Crippen LogP contribution in [0.2, 0.25) is 0 Å². The summed E-state index contributed by atoms with van der Waals surface area (Å²) in [6, 6.07) is 27.0. The number of aryl methyl sites for hydroxylation is 3. The van der Waals surface area contributed by atoms with Crippen LogP contribution in [-0.4, -0.2) is 125 Å². The minimum atomic E-state index is -0.235. The molecule has 11 rings (SSSR count). The monoisotopic (exact) mass is 1130 g/mol. The second kappa shape index (κ2) is 26.1. The minimum absolute atomic E-state index is 0. The number of benzene rings is 3. The maximum absolute atomic E-state index is 12.2. The van der Waals surface area contributed by atoms with E-state index in [-0.39, 0.29) is 42.2 Å². The third-order valence-corrected chi connectivity index (χ3v) is 11.5. The molecule has 5 N–H and O–H groups in total. The zero-order valence-electron chi connectivity index (χ0n) is 40.5. The summed E-state index contributed by atoms with van der Waals surface area (Å²) in [7, 11) is 0. The number of ether oxygens (including phenoxy) is 3. The SMILES string of the molecule is CI.Cc1nc(-c2ccc([C@H]3CN(C(=N)N)CCO3)cc2)no1.Cc1nc(-c2ccc([C@H]3CN(c4nc(-c5ccncn5)cc(=O)[nH]4)CCO3)cc2)no1.Cc1nc(-c2ccc([C@H]3CNCCO3)cc2)no1.Cl. The standard InChI is InChI=1S/C21H19N7O3.C14H17N5O2.C13H15N3O2.CH3I.ClH/c1-13-24-20(27-31-13)15-4-2-14(3-5-15)18-11-28(8-9-30-18)21-25-17(10-19(29)26-21)16-6-7-22-12-23-16;1-9-17-13(18-21-9)11-4-2-10(3-5-11)12-8-19(14(15)16)6-7-20-12;1-9-15-13(16-18-9)11-4-2-10(3-5-11)12-8-14-6-7-17-12;1-2;/h2-7,10,12,18H,8-9,11H2,1H3,(H,25,26,29);2-5,12H,6-8H2,1H3,(H3,15,16);2-5,12,14H,6-8H2,1H3;1H3;1H/t18-;2*12-;;/m111../s1. The molecule has 3 atom stereocenters. The van der Waals surface area contributed by atoms with E-state index in [1.807, 2.05) is 75.4 Å². The molecule has 0 aliphatic carbocycles. The molecule has 0 radical (unpaired) electrons. The van der Waals surface area contributed by atoms with E-state index >= 15 is 0 Å². The van der Waals surface area contributed by atoms with Crippen LogP contribution in [0.1, 0.15) is 52.7 Å².